The molecule has 1 N–H and O–H groups in total. The Morgan fingerprint density at radius 3 is 2.30 bits per heavy atom. The zero-order chi connectivity index (χ0) is 23.5. The topological polar surface area (TPSA) is 54.6 Å². The lowest BCUT2D eigenvalue weighted by Gasteiger charge is -2.13. The maximum Gasteiger partial charge on any atom is 0.272 e. The van der Waals surface area contributed by atoms with E-state index in [0.29, 0.717) is 10.6 Å². The summed E-state index contributed by atoms with van der Waals surface area (Å²) in [5, 5.41) is 4.55. The van der Waals surface area contributed by atoms with E-state index < -0.39 is 0 Å². The number of halogens is 1. The monoisotopic (exact) mass is 459 g/mol. The molecule has 0 fully saturated rings. The van der Waals surface area contributed by atoms with Crippen LogP contribution in [0.4, 0.5) is 5.69 Å². The fourth-order valence-corrected chi connectivity index (χ4v) is 3.97. The number of hydrogen-bond acceptors (Lipinski definition) is 3. The second-order valence-corrected chi connectivity index (χ2v) is 8.44. The third kappa shape index (κ3) is 4.71. The van der Waals surface area contributed by atoms with E-state index in [0.717, 1.165) is 34.1 Å². The van der Waals surface area contributed by atoms with Gasteiger partial charge in [-0.2, -0.15) is 5.10 Å². The van der Waals surface area contributed by atoms with Crippen LogP contribution in [0.5, 0.6) is 0 Å². The predicted octanol–water partition coefficient (Wildman–Crippen LogP) is 5.37. The van der Waals surface area contributed by atoms with Crippen LogP contribution in [-0.2, 0) is 0 Å². The second kappa shape index (κ2) is 9.38. The lowest BCUT2D eigenvalue weighted by Crippen LogP contribution is -2.19. The minimum absolute atomic E-state index is 0.367. The molecular weight excluding hydrogens is 434 g/mol. The second-order valence-electron chi connectivity index (χ2n) is 8.03. The highest BCUT2D eigenvalue weighted by molar-refractivity contribution is 6.33. The van der Waals surface area contributed by atoms with Crippen LogP contribution in [-0.4, -0.2) is 35.4 Å². The first kappa shape index (κ1) is 22.4. The maximum atomic E-state index is 12.8. The van der Waals surface area contributed by atoms with E-state index >= 15 is 0 Å². The number of carbonyl (C=O) groups excluding carboxylic acids is 1. The molecule has 1 amide bonds. The van der Waals surface area contributed by atoms with Gasteiger partial charge in [-0.1, -0.05) is 11.6 Å². The molecule has 4 aromatic rings. The van der Waals surface area contributed by atoms with E-state index in [-0.39, 0.29) is 5.91 Å². The summed E-state index contributed by atoms with van der Waals surface area (Å²) in [7, 11) is 4.02. The molecule has 0 aliphatic carbocycles. The van der Waals surface area contributed by atoms with E-state index in [1.807, 2.05) is 81.2 Å². The SMILES string of the molecule is Cc1ccc(C)n1-c1ccc(Cl)c(C(=O)NN=Cc2cccn2-c2ccc(N(C)C)cc2)c1. The Morgan fingerprint density at radius 2 is 1.64 bits per heavy atom. The summed E-state index contributed by atoms with van der Waals surface area (Å²) in [5.41, 5.74) is 8.98. The summed E-state index contributed by atoms with van der Waals surface area (Å²) in [6, 6.07) is 21.6. The molecule has 0 unspecified atom stereocenters. The molecule has 0 bridgehead atoms. The quantitative estimate of drug-likeness (QED) is 0.311. The number of nitrogens with one attached hydrogen (secondary N) is 1. The number of aryl methyl sites for hydroxylation is 2. The van der Waals surface area contributed by atoms with Crippen molar-refractivity contribution in [2.24, 2.45) is 5.10 Å². The molecule has 0 aliphatic heterocycles. The predicted molar refractivity (Wildman–Crippen MR) is 135 cm³/mol. The van der Waals surface area contributed by atoms with Gasteiger partial charge in [0.1, 0.15) is 0 Å². The zero-order valence-corrected chi connectivity index (χ0v) is 19.8. The molecule has 168 valence electrons. The molecule has 0 aliphatic rings. The number of benzene rings is 2. The van der Waals surface area contributed by atoms with Crippen molar-refractivity contribution in [3.8, 4) is 11.4 Å². The number of anilines is 1. The molecule has 0 atom stereocenters. The summed E-state index contributed by atoms with van der Waals surface area (Å²) in [4.78, 5) is 14.9. The van der Waals surface area contributed by atoms with Gasteiger partial charge in [0.25, 0.3) is 5.91 Å². The zero-order valence-electron chi connectivity index (χ0n) is 19.1. The summed E-state index contributed by atoms with van der Waals surface area (Å²) >= 11 is 6.32. The van der Waals surface area contributed by atoms with Crippen molar-refractivity contribution >= 4 is 29.4 Å². The average molecular weight is 460 g/mol. The Balaban J connectivity index is 1.52. The first-order valence-electron chi connectivity index (χ1n) is 10.6. The smallest absolute Gasteiger partial charge is 0.272 e. The molecule has 33 heavy (non-hydrogen) atoms. The van der Waals surface area contributed by atoms with E-state index in [9.17, 15) is 4.79 Å². The molecular formula is C26H26ClN5O. The largest absolute Gasteiger partial charge is 0.378 e. The third-order valence-corrected chi connectivity index (χ3v) is 5.84. The molecule has 6 nitrogen and oxygen atoms in total. The Kier molecular flexibility index (Phi) is 6.38. The minimum atomic E-state index is -0.367. The van der Waals surface area contributed by atoms with Gasteiger partial charge in [-0.25, -0.2) is 5.43 Å². The number of carbonyl (C=O) groups is 1. The summed E-state index contributed by atoms with van der Waals surface area (Å²) in [6.45, 7) is 4.05. The molecule has 2 aromatic heterocycles. The van der Waals surface area contributed by atoms with Gasteiger partial charge in [0.05, 0.1) is 22.5 Å². The number of hydrogen-bond donors (Lipinski definition) is 1. The minimum Gasteiger partial charge on any atom is -0.378 e. The lowest BCUT2D eigenvalue weighted by atomic mass is 10.2. The van der Waals surface area contributed by atoms with Crippen molar-refractivity contribution in [3.05, 3.63) is 101 Å². The molecule has 0 radical (unpaired) electrons. The van der Waals surface area contributed by atoms with E-state index in [4.69, 9.17) is 11.6 Å². The van der Waals surface area contributed by atoms with Gasteiger partial charge in [-0.15, -0.1) is 0 Å². The van der Waals surface area contributed by atoms with Gasteiger partial charge in [-0.3, -0.25) is 4.79 Å². The van der Waals surface area contributed by atoms with E-state index in [2.05, 4.69) is 32.1 Å². The van der Waals surface area contributed by atoms with Crippen LogP contribution in [0, 0.1) is 13.8 Å². The van der Waals surface area contributed by atoms with Crippen LogP contribution in [0.15, 0.2) is 78.0 Å². The van der Waals surface area contributed by atoms with Crippen molar-refractivity contribution in [1.82, 2.24) is 14.6 Å². The number of amides is 1. The molecule has 4 rings (SSSR count). The summed E-state index contributed by atoms with van der Waals surface area (Å²) < 4.78 is 4.07. The van der Waals surface area contributed by atoms with Crippen LogP contribution < -0.4 is 10.3 Å². The maximum absolute atomic E-state index is 12.8. The van der Waals surface area contributed by atoms with Gasteiger partial charge in [0, 0.05) is 48.7 Å². The first-order chi connectivity index (χ1) is 15.8. The highest BCUT2D eigenvalue weighted by atomic mass is 35.5. The highest BCUT2D eigenvalue weighted by Gasteiger charge is 2.13. The van der Waals surface area contributed by atoms with Crippen molar-refractivity contribution in [1.29, 1.82) is 0 Å². The Hall–Kier alpha value is -3.77. The number of rotatable bonds is 6. The normalized spacial score (nSPS) is 11.2. The number of aromatic nitrogens is 2. The van der Waals surface area contributed by atoms with Gasteiger partial charge < -0.3 is 14.0 Å². The summed E-state index contributed by atoms with van der Waals surface area (Å²) in [5.74, 6) is -0.367. The fraction of sp³-hybridized carbons (Fsp3) is 0.154. The molecule has 2 aromatic carbocycles. The lowest BCUT2D eigenvalue weighted by molar-refractivity contribution is 0.0955. The van der Waals surface area contributed by atoms with Crippen LogP contribution in [0.2, 0.25) is 5.02 Å². The van der Waals surface area contributed by atoms with Gasteiger partial charge in [-0.05, 0) is 80.6 Å². The van der Waals surface area contributed by atoms with Crippen LogP contribution in [0.1, 0.15) is 27.4 Å². The van der Waals surface area contributed by atoms with Crippen molar-refractivity contribution < 1.29 is 4.79 Å². The fourth-order valence-electron chi connectivity index (χ4n) is 3.77. The van der Waals surface area contributed by atoms with E-state index in [1.165, 1.54) is 0 Å². The van der Waals surface area contributed by atoms with E-state index in [1.54, 1.807) is 18.3 Å². The van der Waals surface area contributed by atoms with Crippen LogP contribution >= 0.6 is 11.6 Å². The van der Waals surface area contributed by atoms with Crippen LogP contribution in [0.3, 0.4) is 0 Å². The first-order valence-corrected chi connectivity index (χ1v) is 11.0. The Labute approximate surface area is 198 Å². The number of nitrogens with zero attached hydrogens (tertiary/aromatic N) is 4. The van der Waals surface area contributed by atoms with Gasteiger partial charge >= 0.3 is 0 Å². The van der Waals surface area contributed by atoms with Crippen molar-refractivity contribution in [2.45, 2.75) is 13.8 Å². The molecule has 2 heterocycles. The Morgan fingerprint density at radius 1 is 0.970 bits per heavy atom. The highest BCUT2D eigenvalue weighted by Crippen LogP contribution is 2.23. The van der Waals surface area contributed by atoms with Crippen LogP contribution in [0.25, 0.3) is 11.4 Å². The van der Waals surface area contributed by atoms with Gasteiger partial charge in [0.2, 0.25) is 0 Å². The number of hydrazone groups is 1. The molecule has 0 saturated carbocycles. The third-order valence-electron chi connectivity index (χ3n) is 5.51. The standard InChI is InChI=1S/C26H26ClN5O/c1-18-7-8-19(2)32(18)22-13-14-25(27)24(16-22)26(33)29-28-17-23-6-5-15-31(23)21-11-9-20(10-12-21)30(3)4/h5-17H,1-4H3,(H,29,33). The molecule has 7 heteroatoms. The Bertz CT molecular complexity index is 1300. The van der Waals surface area contributed by atoms with Crippen molar-refractivity contribution in [3.63, 3.8) is 0 Å². The summed E-state index contributed by atoms with van der Waals surface area (Å²) in [6.07, 6.45) is 3.58. The van der Waals surface area contributed by atoms with Gasteiger partial charge in [0.15, 0.2) is 0 Å². The average Bonchev–Trinajstić information content (AvgIpc) is 3.40. The van der Waals surface area contributed by atoms with Crippen molar-refractivity contribution in [2.75, 3.05) is 19.0 Å². The molecule has 0 saturated heterocycles. The molecule has 0 spiro atoms.